The molecule has 0 aliphatic carbocycles. The molecule has 124 valence electrons. The topological polar surface area (TPSA) is 188 Å². The average Bonchev–Trinajstić information content (AvgIpc) is 2.46. The monoisotopic (exact) mass is 337 g/mol. The molecule has 0 heterocycles. The Labute approximate surface area is 130 Å². The van der Waals surface area contributed by atoms with E-state index >= 15 is 0 Å². The van der Waals surface area contributed by atoms with Gasteiger partial charge in [-0.3, -0.25) is 19.2 Å². The van der Waals surface area contributed by atoms with Crippen LogP contribution >= 0.6 is 11.9 Å². The number of nitroso groups, excluding NO2 is 1. The van der Waals surface area contributed by atoms with Crippen LogP contribution in [0.4, 0.5) is 0 Å². The van der Waals surface area contributed by atoms with Crippen molar-refractivity contribution in [2.75, 3.05) is 12.3 Å². The van der Waals surface area contributed by atoms with Gasteiger partial charge in [0.1, 0.15) is 18.6 Å². The van der Waals surface area contributed by atoms with Crippen molar-refractivity contribution in [3.05, 3.63) is 4.91 Å². The van der Waals surface area contributed by atoms with Gasteiger partial charge in [0, 0.05) is 28.7 Å². The second-order valence-electron chi connectivity index (χ2n) is 4.09. The maximum atomic E-state index is 11.7. The molecule has 0 bridgehead atoms. The van der Waals surface area contributed by atoms with Gasteiger partial charge in [0.15, 0.2) is 0 Å². The van der Waals surface area contributed by atoms with Crippen LogP contribution in [0.25, 0.3) is 0 Å². The molecule has 0 aromatic heterocycles. The van der Waals surface area contributed by atoms with Crippen molar-refractivity contribution in [3.8, 4) is 0 Å². The van der Waals surface area contributed by atoms with Gasteiger partial charge < -0.3 is 26.6 Å². The number of amides is 2. The zero-order chi connectivity index (χ0) is 17.1. The zero-order valence-electron chi connectivity index (χ0n) is 12.4. The van der Waals surface area contributed by atoms with Crippen LogP contribution in [-0.4, -0.2) is 58.3 Å². The highest BCUT2D eigenvalue weighted by Gasteiger charge is 2.22. The van der Waals surface area contributed by atoms with E-state index in [9.17, 15) is 24.1 Å². The average molecular weight is 337 g/mol. The lowest BCUT2D eigenvalue weighted by atomic mass is 10.1. The van der Waals surface area contributed by atoms with E-state index in [0.29, 0.717) is 11.9 Å². The van der Waals surface area contributed by atoms with Gasteiger partial charge in [0.05, 0.1) is 0 Å². The van der Waals surface area contributed by atoms with Crippen molar-refractivity contribution >= 4 is 35.7 Å². The molecule has 0 saturated carbocycles. The first-order chi connectivity index (χ1) is 10.3. The molecule has 0 radical (unpaired) electrons. The molecular formula is C10H17N4O7S+. The highest BCUT2D eigenvalue weighted by atomic mass is 32.2. The molecule has 2 atom stereocenters. The number of nitrogens with two attached hydrogens (primary N) is 1. The molecule has 0 aromatic rings. The van der Waals surface area contributed by atoms with Gasteiger partial charge in [0.25, 0.3) is 0 Å². The summed E-state index contributed by atoms with van der Waals surface area (Å²) in [5.74, 6) is -4.17. The van der Waals surface area contributed by atoms with E-state index in [1.807, 2.05) is 0 Å². The minimum absolute atomic E-state index is 0. The first kappa shape index (κ1) is 19.8. The molecule has 12 heteroatoms. The largest absolute Gasteiger partial charge is 1.00 e. The number of aliphatic carboxylic acids is 2. The van der Waals surface area contributed by atoms with Crippen molar-refractivity contribution in [1.82, 2.24) is 10.6 Å². The van der Waals surface area contributed by atoms with Gasteiger partial charge in [-0.1, -0.05) is 0 Å². The van der Waals surface area contributed by atoms with Gasteiger partial charge in [-0.15, -0.1) is 4.91 Å². The summed E-state index contributed by atoms with van der Waals surface area (Å²) in [5, 5.41) is 21.3. The molecule has 11 nitrogen and oxygen atoms in total. The lowest BCUT2D eigenvalue weighted by molar-refractivity contribution is -0.139. The number of nitrogens with one attached hydrogen (secondary N) is 2. The van der Waals surface area contributed by atoms with E-state index in [0.717, 1.165) is 0 Å². The fourth-order valence-electron chi connectivity index (χ4n) is 1.25. The summed E-state index contributed by atoms with van der Waals surface area (Å²) in [6, 6.07) is -2.38. The second-order valence-corrected chi connectivity index (χ2v) is 4.83. The molecule has 0 unspecified atom stereocenters. The summed E-state index contributed by atoms with van der Waals surface area (Å²) in [7, 11) is 0. The maximum absolute atomic E-state index is 11.7. The minimum Gasteiger partial charge on any atom is -0.480 e. The summed E-state index contributed by atoms with van der Waals surface area (Å²) >= 11 is 0.478. The number of hydrogen-bond donors (Lipinski definition) is 5. The van der Waals surface area contributed by atoms with Crippen LogP contribution < -0.4 is 16.4 Å². The Morgan fingerprint density at radius 3 is 2.41 bits per heavy atom. The predicted molar refractivity (Wildman–Crippen MR) is 76.8 cm³/mol. The van der Waals surface area contributed by atoms with Gasteiger partial charge in [-0.25, -0.2) is 0 Å². The normalized spacial score (nSPS) is 12.8. The molecule has 2 amide bonds. The number of carbonyl (C=O) groups excluding carboxylic acids is 2. The van der Waals surface area contributed by atoms with Crippen molar-refractivity contribution in [3.63, 3.8) is 0 Å². The number of rotatable bonds is 11. The third-order valence-corrected chi connectivity index (χ3v) is 2.95. The standard InChI is InChI=1S/C10H16N4O7S/c11-5(10(19)20)1-2-7(15)13-6(4-22-14-21)9(18)12-3-8(16)17/h5-6H,1-4,11H2,(H,12,18)(H,13,15)(H,16,17)(H,19,20)/p+1/t5-,6-/m0/s1. The molecule has 6 N–H and O–H groups in total. The van der Waals surface area contributed by atoms with Crippen LogP contribution in [0.5, 0.6) is 0 Å². The quantitative estimate of drug-likeness (QED) is 0.218. The maximum Gasteiger partial charge on any atom is 1.00 e. The molecule has 0 fully saturated rings. The van der Waals surface area contributed by atoms with Crippen molar-refractivity contribution < 1.29 is 30.8 Å². The van der Waals surface area contributed by atoms with E-state index in [4.69, 9.17) is 15.9 Å². The SMILES string of the molecule is N[C@@H](CCC(=O)N[C@@H](CSN=O)C(=O)NCC(=O)O)C(=O)O.[H+]. The van der Waals surface area contributed by atoms with Crippen LogP contribution in [0.3, 0.4) is 0 Å². The van der Waals surface area contributed by atoms with Crippen LogP contribution in [0.2, 0.25) is 0 Å². The van der Waals surface area contributed by atoms with E-state index in [1.54, 1.807) is 0 Å². The Morgan fingerprint density at radius 2 is 1.91 bits per heavy atom. The van der Waals surface area contributed by atoms with E-state index < -0.39 is 42.4 Å². The Bertz CT molecular complexity index is 451. The van der Waals surface area contributed by atoms with Crippen LogP contribution in [-0.2, 0) is 19.2 Å². The van der Waals surface area contributed by atoms with E-state index in [2.05, 4.69) is 15.2 Å². The molecule has 0 aliphatic rings. The summed E-state index contributed by atoms with van der Waals surface area (Å²) in [4.78, 5) is 54.2. The number of carboxylic acid groups (broad SMARTS) is 2. The number of nitrogens with zero attached hydrogens (tertiary/aromatic N) is 1. The third kappa shape index (κ3) is 8.86. The fourth-order valence-corrected chi connectivity index (χ4v) is 1.70. The van der Waals surface area contributed by atoms with E-state index in [-0.39, 0.29) is 20.0 Å². The van der Waals surface area contributed by atoms with Crippen LogP contribution in [0, 0.1) is 4.91 Å². The lowest BCUT2D eigenvalue weighted by Crippen LogP contribution is -2.49. The first-order valence-electron chi connectivity index (χ1n) is 5.99. The van der Waals surface area contributed by atoms with Crippen LogP contribution in [0.1, 0.15) is 14.3 Å². The smallest absolute Gasteiger partial charge is 0.480 e. The van der Waals surface area contributed by atoms with Crippen LogP contribution in [0.15, 0.2) is 4.58 Å². The number of hydrogen-bond acceptors (Lipinski definition) is 8. The van der Waals surface area contributed by atoms with Gasteiger partial charge in [-0.05, 0) is 6.42 Å². The highest BCUT2D eigenvalue weighted by molar-refractivity contribution is 7.97. The predicted octanol–water partition coefficient (Wildman–Crippen LogP) is -1.61. The molecule has 0 rings (SSSR count). The molecule has 0 aliphatic heterocycles. The molecule has 22 heavy (non-hydrogen) atoms. The van der Waals surface area contributed by atoms with E-state index in [1.165, 1.54) is 0 Å². The Morgan fingerprint density at radius 1 is 1.27 bits per heavy atom. The first-order valence-corrected chi connectivity index (χ1v) is 6.94. The number of carboxylic acids is 2. The summed E-state index contributed by atoms with van der Waals surface area (Å²) < 4.78 is 2.48. The molecular weight excluding hydrogens is 320 g/mol. The second kappa shape index (κ2) is 10.5. The fraction of sp³-hybridized carbons (Fsp3) is 0.600. The Hall–Kier alpha value is -2.21. The summed E-state index contributed by atoms with van der Waals surface area (Å²) in [5.41, 5.74) is 5.23. The van der Waals surface area contributed by atoms with Gasteiger partial charge >= 0.3 is 13.4 Å². The number of carbonyl (C=O) groups is 4. The summed E-state index contributed by atoms with van der Waals surface area (Å²) in [6.07, 6.45) is -0.376. The van der Waals surface area contributed by atoms with Crippen molar-refractivity contribution in [2.45, 2.75) is 24.9 Å². The van der Waals surface area contributed by atoms with Crippen molar-refractivity contribution in [2.24, 2.45) is 10.3 Å². The molecule has 0 aromatic carbocycles. The highest BCUT2D eigenvalue weighted by Crippen LogP contribution is 2.05. The molecule has 0 saturated heterocycles. The lowest BCUT2D eigenvalue weighted by Gasteiger charge is -2.16. The van der Waals surface area contributed by atoms with Crippen molar-refractivity contribution in [1.29, 1.82) is 0 Å². The van der Waals surface area contributed by atoms with Gasteiger partial charge in [0.2, 0.25) is 11.8 Å². The van der Waals surface area contributed by atoms with Gasteiger partial charge in [-0.2, -0.15) is 0 Å². The molecule has 0 spiro atoms. The minimum atomic E-state index is -1.27. The zero-order valence-corrected chi connectivity index (χ0v) is 12.2. The Balaban J connectivity index is 0. The third-order valence-electron chi connectivity index (χ3n) is 2.36. The Kier molecular flexibility index (Phi) is 9.45. The summed E-state index contributed by atoms with van der Waals surface area (Å²) in [6.45, 7) is -0.645.